The van der Waals surface area contributed by atoms with Gasteiger partial charge in [0, 0.05) is 17.0 Å². The van der Waals surface area contributed by atoms with Crippen molar-refractivity contribution in [3.63, 3.8) is 0 Å². The normalized spacial score (nSPS) is 13.0. The van der Waals surface area contributed by atoms with Crippen LogP contribution in [0.3, 0.4) is 0 Å². The summed E-state index contributed by atoms with van der Waals surface area (Å²) < 4.78 is 13.5. The fourth-order valence-electron chi connectivity index (χ4n) is 2.67. The number of carbonyl (C=O) groups is 1. The van der Waals surface area contributed by atoms with Gasteiger partial charge in [0.25, 0.3) is 0 Å². The molecule has 0 aliphatic heterocycles. The number of halogens is 1. The highest BCUT2D eigenvalue weighted by molar-refractivity contribution is 8.00. The van der Waals surface area contributed by atoms with Gasteiger partial charge in [0.05, 0.1) is 5.75 Å². The molecule has 1 N–H and O–H groups in total. The van der Waals surface area contributed by atoms with Crippen LogP contribution < -0.4 is 5.32 Å². The maximum Gasteiger partial charge on any atom is 0.230 e. The van der Waals surface area contributed by atoms with Gasteiger partial charge in [-0.2, -0.15) is 0 Å². The zero-order chi connectivity index (χ0) is 15.4. The summed E-state index contributed by atoms with van der Waals surface area (Å²) in [5, 5.41) is 2.76. The van der Waals surface area contributed by atoms with E-state index in [-0.39, 0.29) is 18.3 Å². The Hall–Kier alpha value is -1.81. The largest absolute Gasteiger partial charge is 0.351 e. The van der Waals surface area contributed by atoms with E-state index in [4.69, 9.17) is 0 Å². The Morgan fingerprint density at radius 1 is 1.14 bits per heavy atom. The van der Waals surface area contributed by atoms with Crippen molar-refractivity contribution in [2.45, 2.75) is 30.7 Å². The van der Waals surface area contributed by atoms with Gasteiger partial charge >= 0.3 is 0 Å². The molecular formula is C18H18FNOS. The third-order valence-corrected chi connectivity index (χ3v) is 4.87. The predicted molar refractivity (Wildman–Crippen MR) is 87.4 cm³/mol. The van der Waals surface area contributed by atoms with Crippen molar-refractivity contribution in [1.82, 2.24) is 5.32 Å². The molecule has 0 bridgehead atoms. The third-order valence-electron chi connectivity index (χ3n) is 3.87. The van der Waals surface area contributed by atoms with Crippen molar-refractivity contribution < 1.29 is 9.18 Å². The summed E-state index contributed by atoms with van der Waals surface area (Å²) in [7, 11) is 0. The van der Waals surface area contributed by atoms with Crippen molar-refractivity contribution in [3.8, 4) is 0 Å². The Morgan fingerprint density at radius 2 is 1.95 bits per heavy atom. The van der Waals surface area contributed by atoms with Crippen LogP contribution in [0.5, 0.6) is 0 Å². The van der Waals surface area contributed by atoms with Gasteiger partial charge in [0.1, 0.15) is 5.82 Å². The van der Waals surface area contributed by atoms with E-state index in [1.807, 2.05) is 0 Å². The highest BCUT2D eigenvalue weighted by Gasteiger charge is 2.11. The molecule has 4 heteroatoms. The molecule has 1 aliphatic carbocycles. The van der Waals surface area contributed by atoms with E-state index >= 15 is 0 Å². The number of hydrogen-bond donors (Lipinski definition) is 1. The average molecular weight is 315 g/mol. The molecule has 0 heterocycles. The summed E-state index contributed by atoms with van der Waals surface area (Å²) in [4.78, 5) is 13.0. The van der Waals surface area contributed by atoms with Crippen LogP contribution in [-0.2, 0) is 24.2 Å². The molecule has 2 aromatic rings. The molecule has 0 spiro atoms. The number of hydrogen-bond acceptors (Lipinski definition) is 2. The van der Waals surface area contributed by atoms with Gasteiger partial charge in [-0.3, -0.25) is 4.79 Å². The number of nitrogens with one attached hydrogen (secondary N) is 1. The minimum absolute atomic E-state index is 0.0752. The molecule has 0 saturated carbocycles. The van der Waals surface area contributed by atoms with E-state index in [0.29, 0.717) is 11.3 Å². The second kappa shape index (κ2) is 6.97. The molecule has 22 heavy (non-hydrogen) atoms. The highest BCUT2D eigenvalue weighted by atomic mass is 32.2. The van der Waals surface area contributed by atoms with Gasteiger partial charge in [-0.15, -0.1) is 11.8 Å². The molecule has 0 radical (unpaired) electrons. The SMILES string of the molecule is O=C(CSc1ccc2c(c1)CCC2)NCc1ccccc1F. The van der Waals surface area contributed by atoms with Gasteiger partial charge in [-0.05, 0) is 48.6 Å². The van der Waals surface area contributed by atoms with E-state index in [1.54, 1.807) is 18.2 Å². The van der Waals surface area contributed by atoms with Crippen LogP contribution >= 0.6 is 11.8 Å². The molecule has 1 aliphatic rings. The molecule has 0 unspecified atom stereocenters. The zero-order valence-corrected chi connectivity index (χ0v) is 13.1. The Balaban J connectivity index is 1.49. The van der Waals surface area contributed by atoms with Crippen LogP contribution in [-0.4, -0.2) is 11.7 Å². The van der Waals surface area contributed by atoms with E-state index < -0.39 is 0 Å². The molecule has 114 valence electrons. The Labute approximate surface area is 134 Å². The molecular weight excluding hydrogens is 297 g/mol. The molecule has 0 fully saturated rings. The summed E-state index contributed by atoms with van der Waals surface area (Å²) in [5.74, 6) is -0.00409. The van der Waals surface area contributed by atoms with Crippen LogP contribution in [0.1, 0.15) is 23.1 Å². The van der Waals surface area contributed by atoms with Crippen LogP contribution in [0.2, 0.25) is 0 Å². The van der Waals surface area contributed by atoms with Crippen LogP contribution in [0.4, 0.5) is 4.39 Å². The van der Waals surface area contributed by atoms with Crippen molar-refractivity contribution in [3.05, 3.63) is 65.0 Å². The van der Waals surface area contributed by atoms with E-state index in [9.17, 15) is 9.18 Å². The molecule has 0 aromatic heterocycles. The lowest BCUT2D eigenvalue weighted by atomic mass is 10.1. The van der Waals surface area contributed by atoms with Gasteiger partial charge in [-0.1, -0.05) is 24.3 Å². The number of aryl methyl sites for hydroxylation is 2. The number of benzene rings is 2. The lowest BCUT2D eigenvalue weighted by Gasteiger charge is -2.07. The average Bonchev–Trinajstić information content (AvgIpc) is 2.99. The highest BCUT2D eigenvalue weighted by Crippen LogP contribution is 2.27. The molecule has 2 aromatic carbocycles. The molecule has 1 amide bonds. The lowest BCUT2D eigenvalue weighted by Crippen LogP contribution is -2.25. The number of carbonyl (C=O) groups excluding carboxylic acids is 1. The van der Waals surface area contributed by atoms with Crippen molar-refractivity contribution in [2.24, 2.45) is 0 Å². The van der Waals surface area contributed by atoms with Gasteiger partial charge in [0.15, 0.2) is 0 Å². The Kier molecular flexibility index (Phi) is 4.78. The second-order valence-corrected chi connectivity index (χ2v) is 6.49. The Bertz CT molecular complexity index is 687. The van der Waals surface area contributed by atoms with E-state index in [1.165, 1.54) is 41.8 Å². The number of amides is 1. The summed E-state index contributed by atoms with van der Waals surface area (Å²) in [6.07, 6.45) is 3.54. The minimum Gasteiger partial charge on any atom is -0.351 e. The first-order valence-electron chi connectivity index (χ1n) is 7.47. The minimum atomic E-state index is -0.283. The van der Waals surface area contributed by atoms with Crippen molar-refractivity contribution >= 4 is 17.7 Å². The molecule has 0 saturated heterocycles. The summed E-state index contributed by atoms with van der Waals surface area (Å²) >= 11 is 1.53. The maximum atomic E-state index is 13.5. The monoisotopic (exact) mass is 315 g/mol. The fraction of sp³-hybridized carbons (Fsp3) is 0.278. The van der Waals surface area contributed by atoms with Crippen LogP contribution in [0, 0.1) is 5.82 Å². The van der Waals surface area contributed by atoms with Gasteiger partial charge < -0.3 is 5.32 Å². The predicted octanol–water partition coefficient (Wildman–Crippen LogP) is 3.72. The third kappa shape index (κ3) is 3.69. The summed E-state index contributed by atoms with van der Waals surface area (Å²) in [6.45, 7) is 0.232. The van der Waals surface area contributed by atoms with E-state index in [0.717, 1.165) is 11.3 Å². The molecule has 3 rings (SSSR count). The standard InChI is InChI=1S/C18H18FNOS/c19-17-7-2-1-4-15(17)11-20-18(21)12-22-16-9-8-13-5-3-6-14(13)10-16/h1-2,4,7-10H,3,5-6,11-12H2,(H,20,21). The first-order valence-corrected chi connectivity index (χ1v) is 8.45. The van der Waals surface area contributed by atoms with Crippen LogP contribution in [0.15, 0.2) is 47.4 Å². The first kappa shape index (κ1) is 15.1. The molecule has 2 nitrogen and oxygen atoms in total. The second-order valence-electron chi connectivity index (χ2n) is 5.44. The van der Waals surface area contributed by atoms with Gasteiger partial charge in [-0.25, -0.2) is 4.39 Å². The zero-order valence-electron chi connectivity index (χ0n) is 12.3. The topological polar surface area (TPSA) is 29.1 Å². The summed E-state index contributed by atoms with van der Waals surface area (Å²) in [6, 6.07) is 12.9. The van der Waals surface area contributed by atoms with E-state index in [2.05, 4.69) is 23.5 Å². The number of rotatable bonds is 5. The van der Waals surface area contributed by atoms with Crippen molar-refractivity contribution in [1.29, 1.82) is 0 Å². The van der Waals surface area contributed by atoms with Crippen molar-refractivity contribution in [2.75, 3.05) is 5.75 Å². The lowest BCUT2D eigenvalue weighted by molar-refractivity contribution is -0.118. The van der Waals surface area contributed by atoms with Gasteiger partial charge in [0.2, 0.25) is 5.91 Å². The first-order chi connectivity index (χ1) is 10.7. The quantitative estimate of drug-likeness (QED) is 0.852. The maximum absolute atomic E-state index is 13.5. The summed E-state index contributed by atoms with van der Waals surface area (Å²) in [5.41, 5.74) is 3.36. The number of fused-ring (bicyclic) bond motifs is 1. The number of thioether (sulfide) groups is 1. The van der Waals surface area contributed by atoms with Crippen LogP contribution in [0.25, 0.3) is 0 Å². The fourth-order valence-corrected chi connectivity index (χ4v) is 3.46. The smallest absolute Gasteiger partial charge is 0.230 e. The molecule has 0 atom stereocenters. The Morgan fingerprint density at radius 3 is 2.82 bits per heavy atom.